The molecule has 0 spiro atoms. The smallest absolute Gasteiger partial charge is 0.314 e. The summed E-state index contributed by atoms with van der Waals surface area (Å²) in [4.78, 5) is 16.3. The van der Waals surface area contributed by atoms with Crippen LogP contribution in [0.5, 0.6) is 0 Å². The van der Waals surface area contributed by atoms with Crippen LogP contribution in [0.25, 0.3) is 22.5 Å². The summed E-state index contributed by atoms with van der Waals surface area (Å²) >= 11 is 0. The van der Waals surface area contributed by atoms with Crippen LogP contribution < -0.4 is 5.01 Å². The largest absolute Gasteiger partial charge is 0.481 e. The molecule has 2 aliphatic rings. The molecule has 1 N–H and O–H groups in total. The molecule has 37 heavy (non-hydrogen) atoms. The van der Waals surface area contributed by atoms with Crippen molar-refractivity contribution in [1.29, 1.82) is 0 Å². The first-order valence-corrected chi connectivity index (χ1v) is 12.5. The third-order valence-corrected chi connectivity index (χ3v) is 7.26. The number of carboxylic acid groups (broad SMARTS) is 1. The molecule has 1 saturated carbocycles. The number of carboxylic acids is 1. The van der Waals surface area contributed by atoms with Crippen molar-refractivity contribution in [3.05, 3.63) is 84.2 Å². The molecule has 0 atom stereocenters. The molecular weight excluding hydrogens is 468 g/mol. The van der Waals surface area contributed by atoms with Crippen molar-refractivity contribution >= 4 is 17.5 Å². The predicted octanol–water partition coefficient (Wildman–Crippen LogP) is 5.21. The van der Waals surface area contributed by atoms with Gasteiger partial charge in [-0.2, -0.15) is 0 Å². The van der Waals surface area contributed by atoms with Gasteiger partial charge in [-0.1, -0.05) is 59.8 Å². The summed E-state index contributed by atoms with van der Waals surface area (Å²) in [6, 6.07) is 21.9. The predicted molar refractivity (Wildman–Crippen MR) is 139 cm³/mol. The van der Waals surface area contributed by atoms with Crippen LogP contribution in [0.2, 0.25) is 0 Å². The number of aliphatic carboxylic acids is 1. The van der Waals surface area contributed by atoms with Crippen LogP contribution in [-0.2, 0) is 14.9 Å². The van der Waals surface area contributed by atoms with Gasteiger partial charge >= 0.3 is 5.97 Å². The second-order valence-electron chi connectivity index (χ2n) is 9.55. The highest BCUT2D eigenvalue weighted by atomic mass is 16.5. The highest BCUT2D eigenvalue weighted by Gasteiger charge is 2.51. The van der Waals surface area contributed by atoms with Gasteiger partial charge < -0.3 is 14.4 Å². The summed E-state index contributed by atoms with van der Waals surface area (Å²) in [6.45, 7) is 4.70. The van der Waals surface area contributed by atoms with Gasteiger partial charge in [0.05, 0.1) is 18.6 Å². The Bertz CT molecular complexity index is 1390. The average molecular weight is 497 g/mol. The number of aryl methyl sites for hydroxylation is 1. The Hall–Kier alpha value is -4.01. The molecule has 0 radical (unpaired) electrons. The number of hydrazine groups is 1. The number of carbonyl (C=O) groups is 1. The number of ether oxygens (including phenoxy) is 1. The fourth-order valence-electron chi connectivity index (χ4n) is 4.98. The summed E-state index contributed by atoms with van der Waals surface area (Å²) in [5.74, 6) is 0.733. The Labute approximate surface area is 215 Å². The lowest BCUT2D eigenvalue weighted by Gasteiger charge is -2.37. The minimum Gasteiger partial charge on any atom is -0.481 e. The molecule has 2 aromatic carbocycles. The lowest BCUT2D eigenvalue weighted by atomic mass is 9.93. The molecular formula is C29H28N4O4. The Morgan fingerprint density at radius 2 is 1.59 bits per heavy atom. The van der Waals surface area contributed by atoms with Crippen LogP contribution >= 0.6 is 0 Å². The molecule has 6 rings (SSSR count). The first kappa shape index (κ1) is 23.4. The molecule has 2 fully saturated rings. The molecule has 8 heteroatoms. The molecule has 3 heterocycles. The zero-order chi connectivity index (χ0) is 25.4. The fraction of sp³-hybridized carbons (Fsp3) is 0.276. The highest BCUT2D eigenvalue weighted by molar-refractivity contribution is 5.85. The highest BCUT2D eigenvalue weighted by Crippen LogP contribution is 2.48. The van der Waals surface area contributed by atoms with E-state index in [-0.39, 0.29) is 0 Å². The maximum Gasteiger partial charge on any atom is 0.314 e. The van der Waals surface area contributed by atoms with Crippen molar-refractivity contribution in [3.63, 3.8) is 0 Å². The number of benzene rings is 2. The van der Waals surface area contributed by atoms with Gasteiger partial charge in [0.2, 0.25) is 0 Å². The van der Waals surface area contributed by atoms with E-state index in [9.17, 15) is 9.90 Å². The molecule has 1 aliphatic heterocycles. The topological polar surface area (TPSA) is 91.9 Å². The molecule has 1 aliphatic carbocycles. The van der Waals surface area contributed by atoms with Gasteiger partial charge in [0.15, 0.2) is 5.76 Å². The molecule has 8 nitrogen and oxygen atoms in total. The minimum atomic E-state index is -0.736. The summed E-state index contributed by atoms with van der Waals surface area (Å²) in [6.07, 6.45) is 3.19. The van der Waals surface area contributed by atoms with Crippen LogP contribution in [0.1, 0.15) is 24.1 Å². The van der Waals surface area contributed by atoms with Crippen LogP contribution in [-0.4, -0.2) is 52.5 Å². The minimum absolute atomic E-state index is 0.643. The summed E-state index contributed by atoms with van der Waals surface area (Å²) < 4.78 is 11.5. The standard InChI is InChI=1S/C29H28N4O4/c1-20-26(33(25-4-2-3-15-30-25)32-16-18-36-19-17-32)27(37-31-20)23-7-5-21(6-8-23)22-9-11-24(12-10-22)29(13-14-29)28(34)35/h2-12,15H,13-14,16-19H2,1H3,(H,34,35). The Balaban J connectivity index is 1.32. The fourth-order valence-corrected chi connectivity index (χ4v) is 4.98. The zero-order valence-corrected chi connectivity index (χ0v) is 20.6. The van der Waals surface area contributed by atoms with Gasteiger partial charge in [-0.3, -0.25) is 9.80 Å². The Kier molecular flexibility index (Phi) is 5.98. The lowest BCUT2D eigenvalue weighted by molar-refractivity contribution is -0.140. The van der Waals surface area contributed by atoms with Gasteiger partial charge in [-0.05, 0) is 48.6 Å². The van der Waals surface area contributed by atoms with E-state index in [0.29, 0.717) is 31.8 Å². The number of pyridine rings is 1. The molecule has 0 unspecified atom stereocenters. The first-order chi connectivity index (χ1) is 18.1. The maximum atomic E-state index is 11.6. The quantitative estimate of drug-likeness (QED) is 0.373. The van der Waals surface area contributed by atoms with Crippen LogP contribution in [0.3, 0.4) is 0 Å². The lowest BCUT2D eigenvalue weighted by Crippen LogP contribution is -2.47. The van der Waals surface area contributed by atoms with Crippen LogP contribution in [0.15, 0.2) is 77.4 Å². The van der Waals surface area contributed by atoms with Crippen molar-refractivity contribution < 1.29 is 19.2 Å². The number of anilines is 2. The molecule has 4 aromatic rings. The van der Waals surface area contributed by atoms with E-state index in [4.69, 9.17) is 9.26 Å². The SMILES string of the molecule is Cc1noc(-c2ccc(-c3ccc(C4(C(=O)O)CC4)cc3)cc2)c1N(c1ccccn1)N1CCOCC1. The van der Waals surface area contributed by atoms with E-state index in [0.717, 1.165) is 52.5 Å². The van der Waals surface area contributed by atoms with Gasteiger partial charge in [-0.25, -0.2) is 9.99 Å². The van der Waals surface area contributed by atoms with E-state index >= 15 is 0 Å². The molecule has 0 amide bonds. The van der Waals surface area contributed by atoms with E-state index in [2.05, 4.69) is 32.3 Å². The van der Waals surface area contributed by atoms with Crippen LogP contribution in [0.4, 0.5) is 11.5 Å². The van der Waals surface area contributed by atoms with Crippen molar-refractivity contribution in [2.24, 2.45) is 0 Å². The van der Waals surface area contributed by atoms with Crippen LogP contribution in [0, 0.1) is 6.92 Å². The number of hydrogen-bond donors (Lipinski definition) is 1. The number of rotatable bonds is 7. The number of aromatic nitrogens is 2. The third-order valence-electron chi connectivity index (χ3n) is 7.26. The Morgan fingerprint density at radius 1 is 0.946 bits per heavy atom. The first-order valence-electron chi connectivity index (χ1n) is 12.5. The molecule has 1 saturated heterocycles. The maximum absolute atomic E-state index is 11.6. The van der Waals surface area contributed by atoms with Gasteiger partial charge in [0.1, 0.15) is 17.2 Å². The van der Waals surface area contributed by atoms with Crippen molar-refractivity contribution in [2.45, 2.75) is 25.2 Å². The second kappa shape index (κ2) is 9.46. The zero-order valence-electron chi connectivity index (χ0n) is 20.6. The molecule has 2 aromatic heterocycles. The van der Waals surface area contributed by atoms with E-state index in [1.807, 2.05) is 61.5 Å². The summed E-state index contributed by atoms with van der Waals surface area (Å²) in [7, 11) is 0. The average Bonchev–Trinajstić information content (AvgIpc) is 3.69. The number of morpholine rings is 1. The molecule has 0 bridgehead atoms. The number of nitrogens with zero attached hydrogens (tertiary/aromatic N) is 4. The summed E-state index contributed by atoms with van der Waals surface area (Å²) in [5.41, 5.74) is 4.81. The normalized spacial score (nSPS) is 16.9. The third kappa shape index (κ3) is 4.28. The second-order valence-corrected chi connectivity index (χ2v) is 9.55. The van der Waals surface area contributed by atoms with Crippen molar-refractivity contribution in [2.75, 3.05) is 31.3 Å². The van der Waals surface area contributed by atoms with E-state index in [1.54, 1.807) is 6.20 Å². The van der Waals surface area contributed by atoms with Crippen molar-refractivity contribution in [1.82, 2.24) is 15.1 Å². The monoisotopic (exact) mass is 496 g/mol. The summed E-state index contributed by atoms with van der Waals surface area (Å²) in [5, 5.41) is 18.2. The van der Waals surface area contributed by atoms with E-state index in [1.165, 1.54) is 0 Å². The Morgan fingerprint density at radius 3 is 2.19 bits per heavy atom. The number of hydrogen-bond acceptors (Lipinski definition) is 7. The van der Waals surface area contributed by atoms with Gasteiger partial charge in [0.25, 0.3) is 0 Å². The van der Waals surface area contributed by atoms with Gasteiger partial charge in [0, 0.05) is 24.8 Å². The molecule has 188 valence electrons. The van der Waals surface area contributed by atoms with Crippen molar-refractivity contribution in [3.8, 4) is 22.5 Å². The van der Waals surface area contributed by atoms with E-state index < -0.39 is 11.4 Å². The van der Waals surface area contributed by atoms with Gasteiger partial charge in [-0.15, -0.1) is 0 Å².